The second-order valence-corrected chi connectivity index (χ2v) is 11.7. The van der Waals surface area contributed by atoms with Gasteiger partial charge in [0.25, 0.3) is 0 Å². The molecular formula is C30H29NOP. The van der Waals surface area contributed by atoms with E-state index in [1.54, 1.807) is 0 Å². The molecule has 0 aromatic heterocycles. The van der Waals surface area contributed by atoms with Crippen molar-refractivity contribution in [1.29, 1.82) is 0 Å². The predicted octanol–water partition coefficient (Wildman–Crippen LogP) is 6.36. The van der Waals surface area contributed by atoms with Crippen LogP contribution in [0.15, 0.2) is 89.9 Å². The van der Waals surface area contributed by atoms with Crippen molar-refractivity contribution in [3.8, 4) is 11.1 Å². The van der Waals surface area contributed by atoms with E-state index >= 15 is 0 Å². The van der Waals surface area contributed by atoms with Gasteiger partial charge >= 0.3 is 0 Å². The monoisotopic (exact) mass is 450 g/mol. The Morgan fingerprint density at radius 3 is 2.18 bits per heavy atom. The van der Waals surface area contributed by atoms with Crippen LogP contribution in [0.1, 0.15) is 20.8 Å². The van der Waals surface area contributed by atoms with E-state index in [1.165, 1.54) is 27.4 Å². The maximum atomic E-state index is 6.17. The van der Waals surface area contributed by atoms with E-state index in [4.69, 9.17) is 9.73 Å². The molecule has 3 aromatic rings. The van der Waals surface area contributed by atoms with Crippen LogP contribution in [-0.2, 0) is 4.74 Å². The predicted molar refractivity (Wildman–Crippen MR) is 141 cm³/mol. The highest BCUT2D eigenvalue weighted by Crippen LogP contribution is 2.57. The lowest BCUT2D eigenvalue weighted by molar-refractivity contribution is 0.235. The van der Waals surface area contributed by atoms with Crippen molar-refractivity contribution in [2.75, 3.05) is 6.61 Å². The third-order valence-electron chi connectivity index (χ3n) is 6.16. The third kappa shape index (κ3) is 4.64. The second-order valence-electron chi connectivity index (χ2n) is 9.51. The molecule has 165 valence electrons. The topological polar surface area (TPSA) is 21.6 Å². The fourth-order valence-corrected chi connectivity index (χ4v) is 6.88. The zero-order valence-corrected chi connectivity index (χ0v) is 20.3. The van der Waals surface area contributed by atoms with E-state index in [0.29, 0.717) is 6.61 Å². The van der Waals surface area contributed by atoms with Gasteiger partial charge in [-0.2, -0.15) is 0 Å². The average Bonchev–Trinajstić information content (AvgIpc) is 3.51. The number of hydrogen-bond donors (Lipinski definition) is 0. The van der Waals surface area contributed by atoms with Gasteiger partial charge in [-0.3, -0.25) is 0 Å². The van der Waals surface area contributed by atoms with E-state index in [-0.39, 0.29) is 11.5 Å². The normalized spacial score (nSPS) is 20.5. The van der Waals surface area contributed by atoms with Gasteiger partial charge < -0.3 is 4.74 Å². The van der Waals surface area contributed by atoms with Gasteiger partial charge in [0.2, 0.25) is 0 Å². The van der Waals surface area contributed by atoms with Gasteiger partial charge in [-0.25, -0.2) is 4.99 Å². The van der Waals surface area contributed by atoms with Crippen molar-refractivity contribution < 1.29 is 4.74 Å². The van der Waals surface area contributed by atoms with Gasteiger partial charge in [0.05, 0.1) is 12.0 Å². The zero-order valence-electron chi connectivity index (χ0n) is 19.4. The number of benzene rings is 3. The van der Waals surface area contributed by atoms with Crippen molar-refractivity contribution in [3.05, 3.63) is 116 Å². The van der Waals surface area contributed by atoms with Gasteiger partial charge in [0, 0.05) is 5.66 Å². The largest absolute Gasteiger partial charge is 0.478 e. The molecule has 33 heavy (non-hydrogen) atoms. The summed E-state index contributed by atoms with van der Waals surface area (Å²) in [7, 11) is -0.793. The molecule has 2 aliphatic rings. The van der Waals surface area contributed by atoms with Gasteiger partial charge in [0.1, 0.15) is 6.61 Å². The summed E-state index contributed by atoms with van der Waals surface area (Å²) in [5, 5.41) is 2.68. The average molecular weight is 451 g/mol. The maximum absolute atomic E-state index is 6.17. The molecule has 1 unspecified atom stereocenters. The molecule has 1 saturated carbocycles. The summed E-state index contributed by atoms with van der Waals surface area (Å²) in [6.45, 7) is 7.33. The molecule has 0 amide bonds. The molecule has 0 N–H and O–H groups in total. The smallest absolute Gasteiger partial charge is 0.192 e. The molecule has 2 nitrogen and oxygen atoms in total. The van der Waals surface area contributed by atoms with E-state index in [1.807, 2.05) is 0 Å². The van der Waals surface area contributed by atoms with Crippen LogP contribution in [0.3, 0.4) is 0 Å². The Labute approximate surface area is 199 Å². The van der Waals surface area contributed by atoms with Gasteiger partial charge in [-0.1, -0.05) is 106 Å². The minimum absolute atomic E-state index is 0.0819. The minimum Gasteiger partial charge on any atom is -0.478 e. The highest BCUT2D eigenvalue weighted by atomic mass is 31.1. The molecule has 3 aromatic carbocycles. The zero-order chi connectivity index (χ0) is 22.8. The van der Waals surface area contributed by atoms with Crippen molar-refractivity contribution in [2.45, 2.75) is 26.8 Å². The Balaban J connectivity index is 1.58. The van der Waals surface area contributed by atoms with E-state index < -0.39 is 7.92 Å². The summed E-state index contributed by atoms with van der Waals surface area (Å²) in [5.74, 6) is 1.91. The molecule has 5 radical (unpaired) electrons. The number of aliphatic imine (C=N–C) groups is 1. The van der Waals surface area contributed by atoms with Crippen LogP contribution in [0, 0.1) is 36.3 Å². The molecular weight excluding hydrogens is 421 g/mol. The van der Waals surface area contributed by atoms with Crippen LogP contribution in [0.2, 0.25) is 0 Å². The third-order valence-corrected chi connectivity index (χ3v) is 8.72. The van der Waals surface area contributed by atoms with Crippen molar-refractivity contribution in [1.82, 2.24) is 0 Å². The lowest BCUT2D eigenvalue weighted by Crippen LogP contribution is -2.25. The van der Waals surface area contributed by atoms with Crippen molar-refractivity contribution in [2.24, 2.45) is 10.4 Å². The molecule has 0 spiro atoms. The standard InChI is InChI=1S/C30H29NOP/c1-30(2,3)28-21-32-29(31-28)25-18-12-20-27(25)33(23-15-8-5-9-16-23)26-19-11-10-17-24(26)22-13-6-4-7-14-22/h4-20,28H,21H2,1-3H3/t28-,33?/m1/s1. The highest BCUT2D eigenvalue weighted by Gasteiger charge is 2.44. The van der Waals surface area contributed by atoms with Crippen LogP contribution >= 0.6 is 7.92 Å². The second kappa shape index (κ2) is 9.43. The number of ether oxygens (including phenoxy) is 1. The Morgan fingerprint density at radius 1 is 0.818 bits per heavy atom. The number of hydrogen-bond acceptors (Lipinski definition) is 2. The summed E-state index contributed by atoms with van der Waals surface area (Å²) in [4.78, 5) is 5.02. The Morgan fingerprint density at radius 2 is 1.48 bits per heavy atom. The van der Waals surface area contributed by atoms with Gasteiger partial charge in [0.15, 0.2) is 5.90 Å². The van der Waals surface area contributed by atoms with E-state index in [2.05, 4.69) is 125 Å². The fourth-order valence-electron chi connectivity index (χ4n) is 4.27. The fraction of sp³-hybridized carbons (Fsp3) is 0.200. The first-order chi connectivity index (χ1) is 16.0. The number of nitrogens with zero attached hydrogens (tertiary/aromatic N) is 1. The summed E-state index contributed by atoms with van der Waals surface area (Å²) in [6, 6.07) is 30.5. The highest BCUT2D eigenvalue weighted by molar-refractivity contribution is 7.76. The van der Waals surface area contributed by atoms with E-state index in [9.17, 15) is 0 Å². The Kier molecular flexibility index (Phi) is 6.39. The first-order valence-corrected chi connectivity index (χ1v) is 12.8. The Hall–Kier alpha value is -2.44. The number of rotatable bonds is 5. The van der Waals surface area contributed by atoms with Crippen LogP contribution in [0.25, 0.3) is 11.1 Å². The molecule has 1 aliphatic heterocycles. The van der Waals surface area contributed by atoms with E-state index in [0.717, 1.165) is 11.8 Å². The lowest BCUT2D eigenvalue weighted by atomic mass is 9.88. The van der Waals surface area contributed by atoms with Gasteiger partial charge in [-0.05, 0) is 54.3 Å². The summed E-state index contributed by atoms with van der Waals surface area (Å²) >= 11 is 0. The lowest BCUT2D eigenvalue weighted by Gasteiger charge is -2.30. The molecule has 3 heteroatoms. The summed E-state index contributed by atoms with van der Waals surface area (Å²) in [6.07, 6.45) is 6.57. The molecule has 1 aliphatic carbocycles. The summed E-state index contributed by atoms with van der Waals surface area (Å²) < 4.78 is 6.17. The van der Waals surface area contributed by atoms with Crippen molar-refractivity contribution >= 4 is 24.4 Å². The SMILES string of the molecule is CC(C)(C)[C@H]1COC([C]2[CH][CH][CH][C]2P(c2ccccc2)c2ccccc2-c2ccccc2)=N1. The first kappa shape index (κ1) is 22.4. The molecule has 1 heterocycles. The molecule has 0 bridgehead atoms. The van der Waals surface area contributed by atoms with Crippen molar-refractivity contribution in [3.63, 3.8) is 0 Å². The summed E-state index contributed by atoms with van der Waals surface area (Å²) in [5.41, 5.74) is 3.90. The van der Waals surface area contributed by atoms with Crippen LogP contribution in [0.4, 0.5) is 0 Å². The first-order valence-electron chi connectivity index (χ1n) is 11.5. The molecule has 0 saturated heterocycles. The minimum atomic E-state index is -0.793. The molecule has 1 fully saturated rings. The van der Waals surface area contributed by atoms with Crippen LogP contribution in [0.5, 0.6) is 0 Å². The van der Waals surface area contributed by atoms with Gasteiger partial charge in [-0.15, -0.1) is 0 Å². The Bertz CT molecular complexity index is 1100. The molecule has 2 atom stereocenters. The van der Waals surface area contributed by atoms with Crippen LogP contribution in [-0.4, -0.2) is 18.5 Å². The molecule has 5 rings (SSSR count). The van der Waals surface area contributed by atoms with Crippen LogP contribution < -0.4 is 10.6 Å². The maximum Gasteiger partial charge on any atom is 0.192 e. The quantitative estimate of drug-likeness (QED) is 0.414.